The average molecular weight is 279 g/mol. The van der Waals surface area contributed by atoms with Crippen LogP contribution >= 0.6 is 0 Å². The van der Waals surface area contributed by atoms with E-state index in [2.05, 4.69) is 10.6 Å². The highest BCUT2D eigenvalue weighted by Gasteiger charge is 2.11. The highest BCUT2D eigenvalue weighted by atomic mass is 16.4. The summed E-state index contributed by atoms with van der Waals surface area (Å²) in [7, 11) is 0. The van der Waals surface area contributed by atoms with Crippen LogP contribution in [0.2, 0.25) is 0 Å². The summed E-state index contributed by atoms with van der Waals surface area (Å²) in [6.07, 6.45) is 1.19. The molecule has 0 bridgehead atoms. The highest BCUT2D eigenvalue weighted by Crippen LogP contribution is 2.22. The van der Waals surface area contributed by atoms with Crippen molar-refractivity contribution in [1.82, 2.24) is 5.32 Å². The van der Waals surface area contributed by atoms with E-state index < -0.39 is 5.97 Å². The molecule has 6 nitrogen and oxygen atoms in total. The van der Waals surface area contributed by atoms with E-state index in [1.54, 1.807) is 12.1 Å². The van der Waals surface area contributed by atoms with Gasteiger partial charge in [0.15, 0.2) is 0 Å². The Labute approximate surface area is 118 Å². The number of aromatic carboxylic acids is 1. The van der Waals surface area contributed by atoms with Crippen LogP contribution in [-0.2, 0) is 4.79 Å². The molecule has 20 heavy (non-hydrogen) atoms. The molecule has 0 aliphatic heterocycles. The third kappa shape index (κ3) is 4.46. The summed E-state index contributed by atoms with van der Waals surface area (Å²) in [6.45, 7) is 4.34. The van der Waals surface area contributed by atoms with Crippen molar-refractivity contribution in [2.75, 3.05) is 17.6 Å². The first kappa shape index (κ1) is 15.8. The number of hydrogen-bond donors (Lipinski definition) is 4. The maximum Gasteiger partial charge on any atom is 0.337 e. The summed E-state index contributed by atoms with van der Waals surface area (Å²) >= 11 is 0. The Morgan fingerprint density at radius 2 is 2.10 bits per heavy atom. The van der Waals surface area contributed by atoms with Crippen LogP contribution in [0, 0.1) is 0 Å². The van der Waals surface area contributed by atoms with Gasteiger partial charge in [0.25, 0.3) is 0 Å². The molecule has 1 amide bonds. The topological polar surface area (TPSA) is 104 Å². The molecule has 5 N–H and O–H groups in total. The molecule has 1 aromatic carbocycles. The third-order valence-corrected chi connectivity index (χ3v) is 3.02. The van der Waals surface area contributed by atoms with E-state index in [1.807, 2.05) is 13.8 Å². The number of carboxylic acid groups (broad SMARTS) is 1. The first-order chi connectivity index (χ1) is 9.45. The van der Waals surface area contributed by atoms with Gasteiger partial charge in [0.2, 0.25) is 5.91 Å². The minimum atomic E-state index is -1.07. The Balaban J connectivity index is 2.52. The van der Waals surface area contributed by atoms with Crippen molar-refractivity contribution in [2.45, 2.75) is 32.7 Å². The summed E-state index contributed by atoms with van der Waals surface area (Å²) in [4.78, 5) is 22.5. The number of carboxylic acids is 1. The van der Waals surface area contributed by atoms with E-state index in [-0.39, 0.29) is 23.2 Å². The molecule has 1 atom stereocenters. The van der Waals surface area contributed by atoms with E-state index in [9.17, 15) is 9.59 Å². The molecule has 0 saturated heterocycles. The van der Waals surface area contributed by atoms with Crippen molar-refractivity contribution < 1.29 is 14.7 Å². The van der Waals surface area contributed by atoms with Crippen LogP contribution in [0.15, 0.2) is 18.2 Å². The number of carbonyl (C=O) groups excluding carboxylic acids is 1. The number of amides is 1. The van der Waals surface area contributed by atoms with Crippen LogP contribution in [0.3, 0.4) is 0 Å². The van der Waals surface area contributed by atoms with Crippen LogP contribution in [0.4, 0.5) is 11.4 Å². The number of rotatable bonds is 7. The largest absolute Gasteiger partial charge is 0.478 e. The second-order valence-electron chi connectivity index (χ2n) is 4.63. The molecule has 0 fully saturated rings. The number of para-hydroxylation sites is 1. The molecular formula is C14H21N3O3. The Bertz CT molecular complexity index is 489. The quantitative estimate of drug-likeness (QED) is 0.568. The summed E-state index contributed by atoms with van der Waals surface area (Å²) < 4.78 is 0. The van der Waals surface area contributed by atoms with E-state index in [0.29, 0.717) is 18.7 Å². The predicted octanol–water partition coefficient (Wildman–Crippen LogP) is 1.68. The SMILES string of the molecule is CCC(C)NC(=O)CCNc1cccc(C(=O)O)c1N. The van der Waals surface area contributed by atoms with Crippen molar-refractivity contribution in [3.8, 4) is 0 Å². The van der Waals surface area contributed by atoms with Crippen LogP contribution in [0.1, 0.15) is 37.0 Å². The average Bonchev–Trinajstić information content (AvgIpc) is 2.40. The lowest BCUT2D eigenvalue weighted by atomic mass is 10.1. The van der Waals surface area contributed by atoms with Gasteiger partial charge in [-0.1, -0.05) is 13.0 Å². The number of nitrogens with one attached hydrogen (secondary N) is 2. The fourth-order valence-corrected chi connectivity index (χ4v) is 1.67. The summed E-state index contributed by atoms with van der Waals surface area (Å²) in [5, 5.41) is 14.8. The fourth-order valence-electron chi connectivity index (χ4n) is 1.67. The Kier molecular flexibility index (Phi) is 5.83. The minimum Gasteiger partial charge on any atom is -0.478 e. The second kappa shape index (κ2) is 7.37. The zero-order valence-corrected chi connectivity index (χ0v) is 11.8. The summed E-state index contributed by atoms with van der Waals surface area (Å²) in [5.74, 6) is -1.11. The Morgan fingerprint density at radius 3 is 2.70 bits per heavy atom. The Morgan fingerprint density at radius 1 is 1.40 bits per heavy atom. The first-order valence-electron chi connectivity index (χ1n) is 6.60. The molecule has 6 heteroatoms. The number of benzene rings is 1. The van der Waals surface area contributed by atoms with Gasteiger partial charge >= 0.3 is 5.97 Å². The van der Waals surface area contributed by atoms with Gasteiger partial charge in [0, 0.05) is 19.0 Å². The van der Waals surface area contributed by atoms with E-state index in [0.717, 1.165) is 6.42 Å². The lowest BCUT2D eigenvalue weighted by Gasteiger charge is -2.13. The Hall–Kier alpha value is -2.24. The maximum atomic E-state index is 11.6. The molecule has 0 saturated carbocycles. The highest BCUT2D eigenvalue weighted by molar-refractivity contribution is 5.97. The number of nitrogens with two attached hydrogens (primary N) is 1. The summed E-state index contributed by atoms with van der Waals surface area (Å²) in [5.41, 5.74) is 6.53. The predicted molar refractivity (Wildman–Crippen MR) is 78.8 cm³/mol. The molecule has 0 aliphatic rings. The first-order valence-corrected chi connectivity index (χ1v) is 6.60. The second-order valence-corrected chi connectivity index (χ2v) is 4.63. The van der Waals surface area contributed by atoms with E-state index >= 15 is 0 Å². The van der Waals surface area contributed by atoms with Crippen molar-refractivity contribution in [3.05, 3.63) is 23.8 Å². The standard InChI is InChI=1S/C14H21N3O3/c1-3-9(2)17-12(18)7-8-16-11-6-4-5-10(13(11)15)14(19)20/h4-6,9,16H,3,7-8,15H2,1-2H3,(H,17,18)(H,19,20). The van der Waals surface area contributed by atoms with Crippen molar-refractivity contribution in [1.29, 1.82) is 0 Å². The number of anilines is 2. The van der Waals surface area contributed by atoms with Gasteiger partial charge in [-0.05, 0) is 25.5 Å². The maximum absolute atomic E-state index is 11.6. The molecule has 110 valence electrons. The summed E-state index contributed by atoms with van der Waals surface area (Å²) in [6, 6.07) is 4.90. The van der Waals surface area contributed by atoms with E-state index in [1.165, 1.54) is 6.07 Å². The lowest BCUT2D eigenvalue weighted by Crippen LogP contribution is -2.33. The van der Waals surface area contributed by atoms with Gasteiger partial charge in [0.1, 0.15) is 0 Å². The molecule has 1 unspecified atom stereocenters. The van der Waals surface area contributed by atoms with E-state index in [4.69, 9.17) is 10.8 Å². The van der Waals surface area contributed by atoms with Gasteiger partial charge in [-0.3, -0.25) is 4.79 Å². The monoisotopic (exact) mass is 279 g/mol. The smallest absolute Gasteiger partial charge is 0.337 e. The molecule has 0 radical (unpaired) electrons. The molecule has 0 aliphatic carbocycles. The lowest BCUT2D eigenvalue weighted by molar-refractivity contribution is -0.121. The molecule has 1 aromatic rings. The van der Waals surface area contributed by atoms with Crippen molar-refractivity contribution >= 4 is 23.3 Å². The zero-order valence-electron chi connectivity index (χ0n) is 11.8. The van der Waals surface area contributed by atoms with Crippen LogP contribution in [-0.4, -0.2) is 29.6 Å². The van der Waals surface area contributed by atoms with Gasteiger partial charge < -0.3 is 21.5 Å². The molecule has 0 heterocycles. The molecule has 0 aromatic heterocycles. The number of carbonyl (C=O) groups is 2. The van der Waals surface area contributed by atoms with Crippen molar-refractivity contribution in [3.63, 3.8) is 0 Å². The number of hydrogen-bond acceptors (Lipinski definition) is 4. The zero-order chi connectivity index (χ0) is 15.1. The third-order valence-electron chi connectivity index (χ3n) is 3.02. The number of nitrogen functional groups attached to an aromatic ring is 1. The van der Waals surface area contributed by atoms with Gasteiger partial charge in [-0.25, -0.2) is 4.79 Å². The molecular weight excluding hydrogens is 258 g/mol. The normalized spacial score (nSPS) is 11.7. The van der Waals surface area contributed by atoms with Crippen LogP contribution in [0.5, 0.6) is 0 Å². The van der Waals surface area contributed by atoms with Crippen LogP contribution < -0.4 is 16.4 Å². The minimum absolute atomic E-state index is 0.0418. The van der Waals surface area contributed by atoms with Crippen LogP contribution in [0.25, 0.3) is 0 Å². The van der Waals surface area contributed by atoms with Gasteiger partial charge in [0.05, 0.1) is 16.9 Å². The fraction of sp³-hybridized carbons (Fsp3) is 0.429. The molecule has 1 rings (SSSR count). The van der Waals surface area contributed by atoms with Gasteiger partial charge in [-0.15, -0.1) is 0 Å². The van der Waals surface area contributed by atoms with Gasteiger partial charge in [-0.2, -0.15) is 0 Å². The molecule has 0 spiro atoms. The van der Waals surface area contributed by atoms with Crippen molar-refractivity contribution in [2.24, 2.45) is 0 Å².